The van der Waals surface area contributed by atoms with Gasteiger partial charge in [0.25, 0.3) is 0 Å². The molecule has 0 atom stereocenters. The Balaban J connectivity index is 2.97. The number of ether oxygens (including phenoxy) is 2. The molecule has 0 aliphatic rings. The van der Waals surface area contributed by atoms with Crippen LogP contribution in [0.5, 0.6) is 0 Å². The summed E-state index contributed by atoms with van der Waals surface area (Å²) in [7, 11) is 0. The van der Waals surface area contributed by atoms with Crippen LogP contribution in [0.1, 0.15) is 20.8 Å². The van der Waals surface area contributed by atoms with Crippen molar-refractivity contribution in [2.75, 3.05) is 19.8 Å². The zero-order chi connectivity index (χ0) is 8.69. The first-order valence-electron chi connectivity index (χ1n) is 3.84. The van der Waals surface area contributed by atoms with Crippen LogP contribution in [0, 0.1) is 5.92 Å². The Morgan fingerprint density at radius 3 is 2.45 bits per heavy atom. The Labute approximate surface area is 67.7 Å². The van der Waals surface area contributed by atoms with E-state index in [0.29, 0.717) is 19.1 Å². The quantitative estimate of drug-likeness (QED) is 0.448. The van der Waals surface area contributed by atoms with Crippen molar-refractivity contribution in [1.29, 1.82) is 0 Å². The third kappa shape index (κ3) is 9.43. The Bertz CT molecular complexity index is 110. The molecule has 0 spiro atoms. The third-order valence-corrected chi connectivity index (χ3v) is 0.984. The van der Waals surface area contributed by atoms with Gasteiger partial charge in [0.2, 0.25) is 0 Å². The second-order valence-electron chi connectivity index (χ2n) is 2.81. The average Bonchev–Trinajstić information content (AvgIpc) is 1.85. The second-order valence-corrected chi connectivity index (χ2v) is 2.81. The van der Waals surface area contributed by atoms with E-state index in [1.165, 1.54) is 6.92 Å². The number of hydrogen-bond donors (Lipinski definition) is 0. The second kappa shape index (κ2) is 6.16. The smallest absolute Gasteiger partial charge is 0.302 e. The van der Waals surface area contributed by atoms with Crippen molar-refractivity contribution in [3.05, 3.63) is 0 Å². The molecule has 0 unspecified atom stereocenters. The fraction of sp³-hybridized carbons (Fsp3) is 0.875. The molecule has 0 aromatic rings. The molecule has 66 valence electrons. The minimum atomic E-state index is -0.252. The molecule has 0 aromatic heterocycles. The topological polar surface area (TPSA) is 35.5 Å². The molecule has 0 fully saturated rings. The SMILES string of the molecule is CC(=O)OCCOCC(C)C. The molecule has 0 aromatic carbocycles. The molecule has 0 radical (unpaired) electrons. The molecule has 11 heavy (non-hydrogen) atoms. The van der Waals surface area contributed by atoms with E-state index in [1.807, 2.05) is 0 Å². The largest absolute Gasteiger partial charge is 0.463 e. The number of esters is 1. The zero-order valence-electron chi connectivity index (χ0n) is 7.42. The van der Waals surface area contributed by atoms with Crippen molar-refractivity contribution in [2.24, 2.45) is 5.92 Å². The molecular weight excluding hydrogens is 144 g/mol. The molecule has 0 aliphatic carbocycles. The van der Waals surface area contributed by atoms with Crippen LogP contribution in [-0.4, -0.2) is 25.8 Å². The molecular formula is C8H16O3. The van der Waals surface area contributed by atoms with E-state index in [-0.39, 0.29) is 5.97 Å². The molecule has 0 rings (SSSR count). The molecule has 0 saturated heterocycles. The van der Waals surface area contributed by atoms with E-state index in [0.717, 1.165) is 6.61 Å². The zero-order valence-corrected chi connectivity index (χ0v) is 7.42. The minimum absolute atomic E-state index is 0.252. The highest BCUT2D eigenvalue weighted by atomic mass is 16.6. The van der Waals surface area contributed by atoms with Crippen molar-refractivity contribution in [3.8, 4) is 0 Å². The van der Waals surface area contributed by atoms with Gasteiger partial charge in [0.15, 0.2) is 0 Å². The van der Waals surface area contributed by atoms with Crippen molar-refractivity contribution in [1.82, 2.24) is 0 Å². The molecule has 3 heteroatoms. The summed E-state index contributed by atoms with van der Waals surface area (Å²) in [6.45, 7) is 7.13. The van der Waals surface area contributed by atoms with Gasteiger partial charge in [-0.25, -0.2) is 0 Å². The van der Waals surface area contributed by atoms with Gasteiger partial charge in [0, 0.05) is 13.5 Å². The van der Waals surface area contributed by atoms with Crippen LogP contribution in [0.15, 0.2) is 0 Å². The van der Waals surface area contributed by atoms with E-state index in [2.05, 4.69) is 18.6 Å². The van der Waals surface area contributed by atoms with Crippen molar-refractivity contribution in [3.63, 3.8) is 0 Å². The Kier molecular flexibility index (Phi) is 5.84. The fourth-order valence-corrected chi connectivity index (χ4v) is 0.563. The number of rotatable bonds is 5. The molecule has 0 N–H and O–H groups in total. The Morgan fingerprint density at radius 1 is 1.36 bits per heavy atom. The van der Waals surface area contributed by atoms with Crippen molar-refractivity contribution < 1.29 is 14.3 Å². The van der Waals surface area contributed by atoms with Crippen LogP contribution in [0.25, 0.3) is 0 Å². The number of carbonyl (C=O) groups is 1. The minimum Gasteiger partial charge on any atom is -0.463 e. The molecule has 0 heterocycles. The van der Waals surface area contributed by atoms with Gasteiger partial charge in [-0.2, -0.15) is 0 Å². The summed E-state index contributed by atoms with van der Waals surface area (Å²) in [6.07, 6.45) is 0. The van der Waals surface area contributed by atoms with Crippen LogP contribution in [0.4, 0.5) is 0 Å². The van der Waals surface area contributed by atoms with E-state index in [4.69, 9.17) is 4.74 Å². The van der Waals surface area contributed by atoms with Gasteiger partial charge in [-0.3, -0.25) is 4.79 Å². The maximum Gasteiger partial charge on any atom is 0.302 e. The molecule has 0 amide bonds. The monoisotopic (exact) mass is 160 g/mol. The maximum atomic E-state index is 10.3. The first kappa shape index (κ1) is 10.4. The molecule has 0 bridgehead atoms. The van der Waals surface area contributed by atoms with Crippen molar-refractivity contribution >= 4 is 5.97 Å². The van der Waals surface area contributed by atoms with E-state index in [9.17, 15) is 4.79 Å². The van der Waals surface area contributed by atoms with Crippen LogP contribution >= 0.6 is 0 Å². The predicted octanol–water partition coefficient (Wildman–Crippen LogP) is 1.22. The molecule has 3 nitrogen and oxygen atoms in total. The van der Waals surface area contributed by atoms with Crippen molar-refractivity contribution in [2.45, 2.75) is 20.8 Å². The lowest BCUT2D eigenvalue weighted by Crippen LogP contribution is -2.10. The van der Waals surface area contributed by atoms with Gasteiger partial charge in [0.1, 0.15) is 6.61 Å². The first-order valence-corrected chi connectivity index (χ1v) is 3.84. The summed E-state index contributed by atoms with van der Waals surface area (Å²) in [5.74, 6) is 0.283. The number of carbonyl (C=O) groups excluding carboxylic acids is 1. The predicted molar refractivity (Wildman–Crippen MR) is 42.3 cm³/mol. The lowest BCUT2D eigenvalue weighted by atomic mass is 10.2. The summed E-state index contributed by atoms with van der Waals surface area (Å²) in [6, 6.07) is 0. The normalized spacial score (nSPS) is 10.2. The van der Waals surface area contributed by atoms with Gasteiger partial charge in [-0.05, 0) is 5.92 Å². The van der Waals surface area contributed by atoms with E-state index < -0.39 is 0 Å². The van der Waals surface area contributed by atoms with Gasteiger partial charge < -0.3 is 9.47 Å². The van der Waals surface area contributed by atoms with Gasteiger partial charge in [0.05, 0.1) is 6.61 Å². The highest BCUT2D eigenvalue weighted by Gasteiger charge is 1.94. The summed E-state index contributed by atoms with van der Waals surface area (Å²) in [5, 5.41) is 0. The summed E-state index contributed by atoms with van der Waals surface area (Å²) in [4.78, 5) is 10.3. The van der Waals surface area contributed by atoms with Gasteiger partial charge in [-0.1, -0.05) is 13.8 Å². The summed E-state index contributed by atoms with van der Waals surface area (Å²) >= 11 is 0. The first-order chi connectivity index (χ1) is 5.13. The highest BCUT2D eigenvalue weighted by Crippen LogP contribution is 1.91. The lowest BCUT2D eigenvalue weighted by molar-refractivity contribution is -0.142. The number of hydrogen-bond acceptors (Lipinski definition) is 3. The third-order valence-electron chi connectivity index (χ3n) is 0.984. The Hall–Kier alpha value is -0.570. The highest BCUT2D eigenvalue weighted by molar-refractivity contribution is 5.65. The van der Waals surface area contributed by atoms with Crippen LogP contribution in [0.2, 0.25) is 0 Å². The lowest BCUT2D eigenvalue weighted by Gasteiger charge is -2.05. The van der Waals surface area contributed by atoms with Gasteiger partial charge in [-0.15, -0.1) is 0 Å². The molecule has 0 saturated carbocycles. The van der Waals surface area contributed by atoms with Gasteiger partial charge >= 0.3 is 5.97 Å². The maximum absolute atomic E-state index is 10.3. The van der Waals surface area contributed by atoms with Crippen LogP contribution in [-0.2, 0) is 14.3 Å². The average molecular weight is 160 g/mol. The Morgan fingerprint density at radius 2 is 2.00 bits per heavy atom. The molecule has 0 aliphatic heterocycles. The standard InChI is InChI=1S/C8H16O3/c1-7(2)6-10-4-5-11-8(3)9/h7H,4-6H2,1-3H3. The van der Waals surface area contributed by atoms with Crippen LogP contribution < -0.4 is 0 Å². The summed E-state index contributed by atoms with van der Waals surface area (Å²) in [5.41, 5.74) is 0. The summed E-state index contributed by atoms with van der Waals surface area (Å²) < 4.78 is 9.83. The van der Waals surface area contributed by atoms with E-state index in [1.54, 1.807) is 0 Å². The van der Waals surface area contributed by atoms with Crippen LogP contribution in [0.3, 0.4) is 0 Å². The van der Waals surface area contributed by atoms with E-state index >= 15 is 0 Å². The fourth-order valence-electron chi connectivity index (χ4n) is 0.563.